The molecule has 20 heavy (non-hydrogen) atoms. The number of ether oxygens (including phenoxy) is 1. The van der Waals surface area contributed by atoms with Gasteiger partial charge in [0.1, 0.15) is 5.75 Å². The van der Waals surface area contributed by atoms with Gasteiger partial charge in [0.05, 0.1) is 11.2 Å². The van der Waals surface area contributed by atoms with E-state index in [0.29, 0.717) is 21.4 Å². The van der Waals surface area contributed by atoms with Crippen molar-refractivity contribution in [3.63, 3.8) is 0 Å². The maximum atomic E-state index is 11.4. The molecular formula is C14H10Cl2N2O2. The third-order valence-electron chi connectivity index (χ3n) is 2.28. The molecule has 0 aromatic heterocycles. The Labute approximate surface area is 126 Å². The van der Waals surface area contributed by atoms with E-state index in [1.165, 1.54) is 6.21 Å². The summed E-state index contributed by atoms with van der Waals surface area (Å²) in [5, 5.41) is 4.73. The van der Waals surface area contributed by atoms with Crippen molar-refractivity contribution < 1.29 is 9.53 Å². The van der Waals surface area contributed by atoms with Crippen molar-refractivity contribution >= 4 is 35.5 Å². The van der Waals surface area contributed by atoms with E-state index < -0.39 is 6.09 Å². The molecule has 0 radical (unpaired) electrons. The fraction of sp³-hybridized carbons (Fsp3) is 0. The van der Waals surface area contributed by atoms with Crippen LogP contribution in [0.4, 0.5) is 4.79 Å². The summed E-state index contributed by atoms with van der Waals surface area (Å²) >= 11 is 11.7. The maximum absolute atomic E-state index is 11.4. The van der Waals surface area contributed by atoms with E-state index in [1.807, 2.05) is 6.07 Å². The largest absolute Gasteiger partial charge is 0.433 e. The number of carbonyl (C=O) groups excluding carboxylic acids is 1. The number of para-hydroxylation sites is 1. The highest BCUT2D eigenvalue weighted by atomic mass is 35.5. The van der Waals surface area contributed by atoms with Crippen molar-refractivity contribution in [2.24, 2.45) is 5.10 Å². The fourth-order valence-corrected chi connectivity index (χ4v) is 1.84. The number of nitrogens with one attached hydrogen (secondary N) is 1. The molecule has 0 bridgehead atoms. The Kier molecular flexibility index (Phi) is 4.98. The minimum atomic E-state index is -0.683. The quantitative estimate of drug-likeness (QED) is 0.685. The van der Waals surface area contributed by atoms with Crippen LogP contribution < -0.4 is 10.2 Å². The molecule has 1 N–H and O–H groups in total. The van der Waals surface area contributed by atoms with E-state index in [-0.39, 0.29) is 0 Å². The summed E-state index contributed by atoms with van der Waals surface area (Å²) in [7, 11) is 0. The van der Waals surface area contributed by atoms with Crippen molar-refractivity contribution in [3.05, 3.63) is 64.1 Å². The van der Waals surface area contributed by atoms with E-state index >= 15 is 0 Å². The van der Waals surface area contributed by atoms with Crippen LogP contribution in [0.1, 0.15) is 5.56 Å². The van der Waals surface area contributed by atoms with Crippen LogP contribution >= 0.6 is 23.2 Å². The minimum Gasteiger partial charge on any atom is -0.409 e. The van der Waals surface area contributed by atoms with Gasteiger partial charge in [-0.3, -0.25) is 0 Å². The number of rotatable bonds is 3. The number of halogens is 2. The summed E-state index contributed by atoms with van der Waals surface area (Å²) in [5.41, 5.74) is 2.87. The van der Waals surface area contributed by atoms with Gasteiger partial charge in [0.15, 0.2) is 0 Å². The smallest absolute Gasteiger partial charge is 0.409 e. The predicted molar refractivity (Wildman–Crippen MR) is 79.7 cm³/mol. The molecule has 0 fully saturated rings. The second kappa shape index (κ2) is 6.93. The summed E-state index contributed by atoms with van der Waals surface area (Å²) in [6, 6.07) is 13.6. The number of nitrogens with zero attached hydrogens (tertiary/aromatic N) is 1. The van der Waals surface area contributed by atoms with Crippen LogP contribution in [0.15, 0.2) is 53.6 Å². The van der Waals surface area contributed by atoms with Gasteiger partial charge in [0.25, 0.3) is 0 Å². The van der Waals surface area contributed by atoms with Gasteiger partial charge in [-0.1, -0.05) is 47.5 Å². The molecule has 0 heterocycles. The highest BCUT2D eigenvalue weighted by molar-refractivity contribution is 6.36. The van der Waals surface area contributed by atoms with Gasteiger partial charge in [-0.2, -0.15) is 5.10 Å². The lowest BCUT2D eigenvalue weighted by Gasteiger charge is -2.02. The number of hydrogen-bond acceptors (Lipinski definition) is 3. The number of hydrazone groups is 1. The second-order valence-corrected chi connectivity index (χ2v) is 4.58. The molecule has 0 unspecified atom stereocenters. The van der Waals surface area contributed by atoms with E-state index in [4.69, 9.17) is 27.9 Å². The average molecular weight is 309 g/mol. The van der Waals surface area contributed by atoms with Crippen LogP contribution in [-0.4, -0.2) is 12.3 Å². The zero-order valence-corrected chi connectivity index (χ0v) is 11.7. The first kappa shape index (κ1) is 14.4. The first-order chi connectivity index (χ1) is 9.65. The lowest BCUT2D eigenvalue weighted by Crippen LogP contribution is -2.21. The number of carbonyl (C=O) groups is 1. The van der Waals surface area contributed by atoms with Crippen LogP contribution in [-0.2, 0) is 0 Å². The molecule has 0 saturated heterocycles. The van der Waals surface area contributed by atoms with E-state index in [9.17, 15) is 4.79 Å². The summed E-state index contributed by atoms with van der Waals surface area (Å²) in [6.45, 7) is 0. The van der Waals surface area contributed by atoms with Gasteiger partial charge >= 0.3 is 6.09 Å². The first-order valence-corrected chi connectivity index (χ1v) is 6.42. The van der Waals surface area contributed by atoms with Crippen molar-refractivity contribution in [3.8, 4) is 5.75 Å². The number of hydrogen-bond donors (Lipinski definition) is 1. The molecule has 0 spiro atoms. The van der Waals surface area contributed by atoms with Crippen LogP contribution in [0.5, 0.6) is 5.75 Å². The molecule has 4 nitrogen and oxygen atoms in total. The zero-order chi connectivity index (χ0) is 14.4. The van der Waals surface area contributed by atoms with Crippen LogP contribution in [0, 0.1) is 0 Å². The molecule has 102 valence electrons. The third-order valence-corrected chi connectivity index (χ3v) is 2.84. The molecule has 6 heteroatoms. The molecule has 2 rings (SSSR count). The Hall–Kier alpha value is -2.04. The molecule has 0 aliphatic heterocycles. The van der Waals surface area contributed by atoms with Crippen molar-refractivity contribution in [2.45, 2.75) is 0 Å². The molecule has 1 amide bonds. The minimum absolute atomic E-state index is 0.435. The third kappa shape index (κ3) is 4.26. The number of benzene rings is 2. The summed E-state index contributed by atoms with van der Waals surface area (Å²) in [5.74, 6) is 0.435. The average Bonchev–Trinajstić information content (AvgIpc) is 2.42. The first-order valence-electron chi connectivity index (χ1n) is 5.66. The molecule has 0 saturated carbocycles. The Bertz CT molecular complexity index is 630. The van der Waals surface area contributed by atoms with Crippen molar-refractivity contribution in [1.29, 1.82) is 0 Å². The van der Waals surface area contributed by atoms with Crippen LogP contribution in [0.25, 0.3) is 0 Å². The van der Waals surface area contributed by atoms with Crippen molar-refractivity contribution in [2.75, 3.05) is 0 Å². The molecule has 0 aliphatic rings. The normalized spacial score (nSPS) is 10.5. The Morgan fingerprint density at radius 1 is 1.15 bits per heavy atom. The van der Waals surface area contributed by atoms with Gasteiger partial charge in [-0.05, 0) is 24.3 Å². The second-order valence-electron chi connectivity index (χ2n) is 3.74. The van der Waals surface area contributed by atoms with Gasteiger partial charge < -0.3 is 4.74 Å². The summed E-state index contributed by atoms with van der Waals surface area (Å²) < 4.78 is 4.98. The SMILES string of the molecule is O=C(N/N=C/c1ccc(Cl)cc1Cl)Oc1ccccc1. The maximum Gasteiger partial charge on any atom is 0.433 e. The number of amides is 1. The predicted octanol–water partition coefficient (Wildman–Crippen LogP) is 4.12. The lowest BCUT2D eigenvalue weighted by atomic mass is 10.2. The topological polar surface area (TPSA) is 50.7 Å². The van der Waals surface area contributed by atoms with E-state index in [0.717, 1.165) is 0 Å². The Balaban J connectivity index is 1.91. The zero-order valence-electron chi connectivity index (χ0n) is 10.2. The Morgan fingerprint density at radius 2 is 1.90 bits per heavy atom. The highest BCUT2D eigenvalue weighted by Crippen LogP contribution is 2.19. The van der Waals surface area contributed by atoms with E-state index in [2.05, 4.69) is 10.5 Å². The lowest BCUT2D eigenvalue weighted by molar-refractivity contribution is 0.201. The van der Waals surface area contributed by atoms with Crippen LogP contribution in [0.2, 0.25) is 10.0 Å². The molecule has 0 atom stereocenters. The summed E-state index contributed by atoms with van der Waals surface area (Å²) in [4.78, 5) is 11.4. The van der Waals surface area contributed by atoms with Gasteiger partial charge in [0.2, 0.25) is 0 Å². The monoisotopic (exact) mass is 308 g/mol. The highest BCUT2D eigenvalue weighted by Gasteiger charge is 2.02. The van der Waals surface area contributed by atoms with Crippen LogP contribution in [0.3, 0.4) is 0 Å². The molecular weight excluding hydrogens is 299 g/mol. The molecule has 0 aliphatic carbocycles. The molecule has 2 aromatic carbocycles. The Morgan fingerprint density at radius 3 is 2.60 bits per heavy atom. The summed E-state index contributed by atoms with van der Waals surface area (Å²) in [6.07, 6.45) is 0.725. The fourth-order valence-electron chi connectivity index (χ4n) is 1.38. The van der Waals surface area contributed by atoms with Crippen molar-refractivity contribution in [1.82, 2.24) is 5.43 Å². The van der Waals surface area contributed by atoms with Gasteiger partial charge in [-0.15, -0.1) is 0 Å². The van der Waals surface area contributed by atoms with E-state index in [1.54, 1.807) is 42.5 Å². The van der Waals surface area contributed by atoms with Gasteiger partial charge in [0, 0.05) is 10.6 Å². The molecule has 2 aromatic rings. The van der Waals surface area contributed by atoms with Gasteiger partial charge in [-0.25, -0.2) is 10.2 Å². The standard InChI is InChI=1S/C14H10Cl2N2O2/c15-11-7-6-10(13(16)8-11)9-17-18-14(19)20-12-4-2-1-3-5-12/h1-9H,(H,18,19)/b17-9+.